The molecule has 0 bridgehead atoms. The van der Waals surface area contributed by atoms with E-state index in [1.54, 1.807) is 10.6 Å². The third-order valence-corrected chi connectivity index (χ3v) is 4.03. The molecule has 3 aromatic rings. The zero-order chi connectivity index (χ0) is 17.3. The molecular formula is C17H13ClF3N3. The van der Waals surface area contributed by atoms with Gasteiger partial charge in [-0.1, -0.05) is 17.7 Å². The van der Waals surface area contributed by atoms with Crippen LogP contribution in [-0.2, 0) is 13.1 Å². The SMILES string of the molecule is NCc1c(-c2ccc(F)cc2F)ncn1Cc1ccc(F)cc1Cl. The normalized spacial score (nSPS) is 11.0. The van der Waals surface area contributed by atoms with E-state index in [-0.39, 0.29) is 17.1 Å². The van der Waals surface area contributed by atoms with E-state index in [4.69, 9.17) is 17.3 Å². The highest BCUT2D eigenvalue weighted by molar-refractivity contribution is 6.31. The van der Waals surface area contributed by atoms with Crippen LogP contribution in [0.15, 0.2) is 42.7 Å². The lowest BCUT2D eigenvalue weighted by Gasteiger charge is -2.10. The molecule has 0 amide bonds. The number of halogens is 4. The summed E-state index contributed by atoms with van der Waals surface area (Å²) in [6.07, 6.45) is 1.50. The van der Waals surface area contributed by atoms with Crippen LogP contribution >= 0.6 is 11.6 Å². The van der Waals surface area contributed by atoms with Gasteiger partial charge < -0.3 is 10.3 Å². The second-order valence-electron chi connectivity index (χ2n) is 5.23. The van der Waals surface area contributed by atoms with Crippen molar-refractivity contribution in [3.8, 4) is 11.3 Å². The lowest BCUT2D eigenvalue weighted by molar-refractivity contribution is 0.585. The van der Waals surface area contributed by atoms with Crippen molar-refractivity contribution >= 4 is 11.6 Å². The summed E-state index contributed by atoms with van der Waals surface area (Å²) in [6, 6.07) is 7.37. The number of nitrogens with zero attached hydrogens (tertiary/aromatic N) is 2. The highest BCUT2D eigenvalue weighted by Crippen LogP contribution is 2.27. The van der Waals surface area contributed by atoms with Gasteiger partial charge in [-0.15, -0.1) is 0 Å². The molecule has 3 nitrogen and oxygen atoms in total. The number of hydrogen-bond donors (Lipinski definition) is 1. The van der Waals surface area contributed by atoms with E-state index in [0.717, 1.165) is 12.1 Å². The predicted octanol–water partition coefficient (Wildman–Crippen LogP) is 4.13. The standard InChI is InChI=1S/C17H13ClF3N3/c18-14-5-11(19)2-1-10(14)8-24-9-23-17(16(24)7-22)13-4-3-12(20)6-15(13)21/h1-6,9H,7-8,22H2. The zero-order valence-corrected chi connectivity index (χ0v) is 13.2. The van der Waals surface area contributed by atoms with Crippen LogP contribution in [0.4, 0.5) is 13.2 Å². The fourth-order valence-corrected chi connectivity index (χ4v) is 2.72. The highest BCUT2D eigenvalue weighted by atomic mass is 35.5. The van der Waals surface area contributed by atoms with Gasteiger partial charge in [-0.05, 0) is 29.8 Å². The van der Waals surface area contributed by atoms with E-state index in [9.17, 15) is 13.2 Å². The van der Waals surface area contributed by atoms with Crippen LogP contribution < -0.4 is 5.73 Å². The number of benzene rings is 2. The Bertz CT molecular complexity index is 893. The van der Waals surface area contributed by atoms with Crippen molar-refractivity contribution in [1.82, 2.24) is 9.55 Å². The van der Waals surface area contributed by atoms with Gasteiger partial charge >= 0.3 is 0 Å². The van der Waals surface area contributed by atoms with Gasteiger partial charge in [0, 0.05) is 23.2 Å². The number of hydrogen-bond acceptors (Lipinski definition) is 2. The van der Waals surface area contributed by atoms with Crippen LogP contribution in [0.3, 0.4) is 0 Å². The smallest absolute Gasteiger partial charge is 0.135 e. The molecule has 0 saturated carbocycles. The van der Waals surface area contributed by atoms with Crippen molar-refractivity contribution in [2.24, 2.45) is 5.73 Å². The van der Waals surface area contributed by atoms with Gasteiger partial charge in [0.05, 0.1) is 24.3 Å². The summed E-state index contributed by atoms with van der Waals surface area (Å²) in [7, 11) is 0. The average molecular weight is 352 g/mol. The Morgan fingerprint density at radius 1 is 1.04 bits per heavy atom. The maximum Gasteiger partial charge on any atom is 0.135 e. The lowest BCUT2D eigenvalue weighted by Crippen LogP contribution is -2.09. The average Bonchev–Trinajstić information content (AvgIpc) is 2.92. The quantitative estimate of drug-likeness (QED) is 0.768. The molecule has 2 N–H and O–H groups in total. The molecular weight excluding hydrogens is 339 g/mol. The highest BCUT2D eigenvalue weighted by Gasteiger charge is 2.16. The molecule has 2 aromatic carbocycles. The number of imidazole rings is 1. The van der Waals surface area contributed by atoms with Gasteiger partial charge in [-0.2, -0.15) is 0 Å². The van der Waals surface area contributed by atoms with Crippen LogP contribution in [0, 0.1) is 17.5 Å². The number of aromatic nitrogens is 2. The lowest BCUT2D eigenvalue weighted by atomic mass is 10.1. The second-order valence-corrected chi connectivity index (χ2v) is 5.64. The number of nitrogens with two attached hydrogens (primary N) is 1. The third kappa shape index (κ3) is 3.16. The van der Waals surface area contributed by atoms with Crippen molar-refractivity contribution in [2.45, 2.75) is 13.1 Å². The summed E-state index contributed by atoms with van der Waals surface area (Å²) in [5, 5.41) is 0.279. The van der Waals surface area contributed by atoms with Gasteiger partial charge in [0.15, 0.2) is 0 Å². The molecule has 3 rings (SSSR count). The molecule has 0 atom stereocenters. The Hall–Kier alpha value is -2.31. The minimum absolute atomic E-state index is 0.102. The largest absolute Gasteiger partial charge is 0.328 e. The molecule has 0 saturated heterocycles. The maximum atomic E-state index is 14.0. The van der Waals surface area contributed by atoms with E-state index in [2.05, 4.69) is 4.98 Å². The topological polar surface area (TPSA) is 43.8 Å². The van der Waals surface area contributed by atoms with Gasteiger partial charge in [-0.25, -0.2) is 18.2 Å². The van der Waals surface area contributed by atoms with Gasteiger partial charge in [0.2, 0.25) is 0 Å². The fourth-order valence-electron chi connectivity index (χ4n) is 2.50. The van der Waals surface area contributed by atoms with E-state index in [1.165, 1.54) is 24.5 Å². The zero-order valence-electron chi connectivity index (χ0n) is 12.4. The van der Waals surface area contributed by atoms with Crippen molar-refractivity contribution in [2.75, 3.05) is 0 Å². The van der Waals surface area contributed by atoms with E-state index >= 15 is 0 Å². The molecule has 0 aliphatic carbocycles. The molecule has 0 aliphatic heterocycles. The molecule has 1 aromatic heterocycles. The molecule has 0 aliphatic rings. The molecule has 0 unspecified atom stereocenters. The van der Waals surface area contributed by atoms with Crippen LogP contribution in [-0.4, -0.2) is 9.55 Å². The molecule has 0 fully saturated rings. The van der Waals surface area contributed by atoms with E-state index in [0.29, 0.717) is 23.5 Å². The van der Waals surface area contributed by atoms with Crippen LogP contribution in [0.25, 0.3) is 11.3 Å². The monoisotopic (exact) mass is 351 g/mol. The first-order valence-corrected chi connectivity index (χ1v) is 7.51. The Morgan fingerprint density at radius 2 is 1.75 bits per heavy atom. The first-order valence-electron chi connectivity index (χ1n) is 7.13. The first-order chi connectivity index (χ1) is 11.5. The fraction of sp³-hybridized carbons (Fsp3) is 0.118. The minimum atomic E-state index is -0.713. The third-order valence-electron chi connectivity index (χ3n) is 3.68. The Labute approximate surface area is 141 Å². The van der Waals surface area contributed by atoms with Crippen LogP contribution in [0.1, 0.15) is 11.3 Å². The van der Waals surface area contributed by atoms with Crippen molar-refractivity contribution < 1.29 is 13.2 Å². The van der Waals surface area contributed by atoms with Crippen LogP contribution in [0.2, 0.25) is 5.02 Å². The molecule has 0 radical (unpaired) electrons. The summed E-state index contributed by atoms with van der Waals surface area (Å²) in [4.78, 5) is 4.19. The second kappa shape index (κ2) is 6.67. The summed E-state index contributed by atoms with van der Waals surface area (Å²) < 4.78 is 41.9. The summed E-state index contributed by atoms with van der Waals surface area (Å²) in [5.41, 5.74) is 7.53. The molecule has 1 heterocycles. The van der Waals surface area contributed by atoms with E-state index in [1.807, 2.05) is 0 Å². The summed E-state index contributed by atoms with van der Waals surface area (Å²) in [6.45, 7) is 0.409. The Morgan fingerprint density at radius 3 is 2.42 bits per heavy atom. The molecule has 0 spiro atoms. The van der Waals surface area contributed by atoms with Gasteiger partial charge in [0.25, 0.3) is 0 Å². The number of rotatable bonds is 4. The van der Waals surface area contributed by atoms with Crippen LogP contribution in [0.5, 0.6) is 0 Å². The Balaban J connectivity index is 2.00. The van der Waals surface area contributed by atoms with Crippen molar-refractivity contribution in [3.05, 3.63) is 76.5 Å². The summed E-state index contributed by atoms with van der Waals surface area (Å²) in [5.74, 6) is -1.81. The molecule has 124 valence electrons. The first kappa shape index (κ1) is 16.5. The molecule has 7 heteroatoms. The summed E-state index contributed by atoms with van der Waals surface area (Å²) >= 11 is 6.03. The van der Waals surface area contributed by atoms with E-state index < -0.39 is 17.5 Å². The van der Waals surface area contributed by atoms with Crippen molar-refractivity contribution in [1.29, 1.82) is 0 Å². The van der Waals surface area contributed by atoms with Gasteiger partial charge in [0.1, 0.15) is 17.5 Å². The predicted molar refractivity (Wildman–Crippen MR) is 86.0 cm³/mol. The van der Waals surface area contributed by atoms with Gasteiger partial charge in [-0.3, -0.25) is 0 Å². The maximum absolute atomic E-state index is 14.0. The van der Waals surface area contributed by atoms with Crippen molar-refractivity contribution in [3.63, 3.8) is 0 Å². The molecule has 24 heavy (non-hydrogen) atoms. The Kier molecular flexibility index (Phi) is 4.59. The minimum Gasteiger partial charge on any atom is -0.328 e.